The molecule has 4 aliphatic carbocycles. The number of nitrogens with zero attached hydrogens (tertiary/aromatic N) is 1. The third kappa shape index (κ3) is 4.14. The molecule has 188 valence electrons. The van der Waals surface area contributed by atoms with Crippen LogP contribution in [0.15, 0.2) is 41.1 Å². The number of fused-ring (bicyclic) bond motifs is 5. The van der Waals surface area contributed by atoms with E-state index >= 15 is 0 Å². The van der Waals surface area contributed by atoms with Crippen LogP contribution in [0.1, 0.15) is 85.5 Å². The molecular weight excluding hydrogens is 414 g/mol. The average Bonchev–Trinajstić information content (AvgIpc) is 3.38. The van der Waals surface area contributed by atoms with Crippen molar-refractivity contribution in [2.24, 2.45) is 45.4 Å². The summed E-state index contributed by atoms with van der Waals surface area (Å²) in [4.78, 5) is 5.11. The van der Waals surface area contributed by atoms with Gasteiger partial charge in [0.1, 0.15) is 0 Å². The molecule has 34 heavy (non-hydrogen) atoms. The maximum Gasteiger partial charge on any atom is 0.0779 e. The summed E-state index contributed by atoms with van der Waals surface area (Å²) < 4.78 is 0. The van der Waals surface area contributed by atoms with Gasteiger partial charge in [-0.3, -0.25) is 4.99 Å². The molecule has 1 saturated heterocycles. The predicted octanol–water partition coefficient (Wildman–Crippen LogP) is 6.68. The SMILES string of the molecule is C=C1C=C2CCC3C(CCC4(C)C(C(C)=NCC(=C)NCC5NCCC5C)CCC34)C2(C)CC1. The van der Waals surface area contributed by atoms with Crippen molar-refractivity contribution in [3.8, 4) is 0 Å². The first kappa shape index (κ1) is 24.3. The van der Waals surface area contributed by atoms with Crippen LogP contribution in [0, 0.1) is 40.4 Å². The highest BCUT2D eigenvalue weighted by atomic mass is 15.0. The molecule has 4 fully saturated rings. The number of aliphatic imine (C=N–C) groups is 1. The van der Waals surface area contributed by atoms with Crippen molar-refractivity contribution in [3.63, 3.8) is 0 Å². The zero-order valence-corrected chi connectivity index (χ0v) is 22.4. The Morgan fingerprint density at radius 1 is 1.12 bits per heavy atom. The highest BCUT2D eigenvalue weighted by Gasteiger charge is 2.59. The van der Waals surface area contributed by atoms with E-state index in [1.54, 1.807) is 5.57 Å². The fourth-order valence-electron chi connectivity index (χ4n) is 9.15. The molecule has 0 bridgehead atoms. The van der Waals surface area contributed by atoms with Crippen LogP contribution in [-0.2, 0) is 0 Å². The van der Waals surface area contributed by atoms with Gasteiger partial charge in [-0.2, -0.15) is 0 Å². The smallest absolute Gasteiger partial charge is 0.0779 e. The first-order valence-corrected chi connectivity index (χ1v) is 14.3. The molecule has 0 radical (unpaired) electrons. The van der Waals surface area contributed by atoms with Crippen LogP contribution >= 0.6 is 0 Å². The van der Waals surface area contributed by atoms with Crippen molar-refractivity contribution in [2.45, 2.75) is 91.5 Å². The summed E-state index contributed by atoms with van der Waals surface area (Å²) in [5, 5.41) is 7.17. The molecule has 3 nitrogen and oxygen atoms in total. The minimum atomic E-state index is 0.432. The first-order chi connectivity index (χ1) is 16.2. The zero-order valence-electron chi connectivity index (χ0n) is 22.4. The van der Waals surface area contributed by atoms with E-state index in [1.807, 2.05) is 0 Å². The van der Waals surface area contributed by atoms with Crippen molar-refractivity contribution < 1.29 is 0 Å². The molecule has 8 unspecified atom stereocenters. The second kappa shape index (κ2) is 9.26. The van der Waals surface area contributed by atoms with Gasteiger partial charge in [-0.15, -0.1) is 0 Å². The van der Waals surface area contributed by atoms with Gasteiger partial charge in [0.05, 0.1) is 6.54 Å². The summed E-state index contributed by atoms with van der Waals surface area (Å²) in [7, 11) is 0. The molecule has 3 heteroatoms. The van der Waals surface area contributed by atoms with Gasteiger partial charge in [-0.25, -0.2) is 0 Å². The molecular formula is C31H49N3. The topological polar surface area (TPSA) is 36.4 Å². The van der Waals surface area contributed by atoms with Crippen molar-refractivity contribution >= 4 is 5.71 Å². The Balaban J connectivity index is 1.23. The minimum absolute atomic E-state index is 0.432. The van der Waals surface area contributed by atoms with E-state index in [-0.39, 0.29) is 0 Å². The third-order valence-corrected chi connectivity index (χ3v) is 11.4. The Bertz CT molecular complexity index is 883. The Morgan fingerprint density at radius 2 is 1.94 bits per heavy atom. The Hall–Kier alpha value is -1.35. The summed E-state index contributed by atoms with van der Waals surface area (Å²) in [5.74, 6) is 4.06. The Kier molecular flexibility index (Phi) is 6.63. The van der Waals surface area contributed by atoms with Gasteiger partial charge in [0.15, 0.2) is 0 Å². The molecule has 0 aromatic rings. The summed E-state index contributed by atoms with van der Waals surface area (Å²) in [6.07, 6.45) is 14.5. The molecule has 0 aromatic heterocycles. The van der Waals surface area contributed by atoms with Crippen molar-refractivity contribution in [2.75, 3.05) is 19.6 Å². The molecule has 0 aromatic carbocycles. The largest absolute Gasteiger partial charge is 0.386 e. The van der Waals surface area contributed by atoms with E-state index in [4.69, 9.17) is 4.99 Å². The first-order valence-electron chi connectivity index (χ1n) is 14.3. The number of hydrogen-bond donors (Lipinski definition) is 2. The molecule has 3 saturated carbocycles. The quantitative estimate of drug-likeness (QED) is 0.431. The van der Waals surface area contributed by atoms with E-state index in [1.165, 1.54) is 69.1 Å². The highest BCUT2D eigenvalue weighted by molar-refractivity contribution is 5.85. The van der Waals surface area contributed by atoms with Crippen LogP contribution in [0.3, 0.4) is 0 Å². The van der Waals surface area contributed by atoms with E-state index in [9.17, 15) is 0 Å². The van der Waals surface area contributed by atoms with Crippen LogP contribution < -0.4 is 10.6 Å². The van der Waals surface area contributed by atoms with Gasteiger partial charge in [-0.05, 0) is 106 Å². The van der Waals surface area contributed by atoms with E-state index < -0.39 is 0 Å². The molecule has 5 aliphatic rings. The van der Waals surface area contributed by atoms with Crippen molar-refractivity contribution in [3.05, 3.63) is 36.1 Å². The van der Waals surface area contributed by atoms with Crippen molar-refractivity contribution in [1.29, 1.82) is 0 Å². The predicted molar refractivity (Wildman–Crippen MR) is 145 cm³/mol. The fraction of sp³-hybridized carbons (Fsp3) is 0.774. The molecule has 0 spiro atoms. The van der Waals surface area contributed by atoms with Crippen molar-refractivity contribution in [1.82, 2.24) is 10.6 Å². The van der Waals surface area contributed by atoms with E-state index in [2.05, 4.69) is 57.6 Å². The van der Waals surface area contributed by atoms with E-state index in [0.717, 1.165) is 49.0 Å². The maximum atomic E-state index is 5.11. The van der Waals surface area contributed by atoms with Gasteiger partial charge >= 0.3 is 0 Å². The van der Waals surface area contributed by atoms with E-state index in [0.29, 0.717) is 22.8 Å². The summed E-state index contributed by atoms with van der Waals surface area (Å²) in [6, 6.07) is 0.571. The van der Waals surface area contributed by atoms with Gasteiger partial charge in [0, 0.05) is 29.9 Å². The molecule has 5 rings (SSSR count). The lowest BCUT2D eigenvalue weighted by molar-refractivity contribution is -0.0417. The minimum Gasteiger partial charge on any atom is -0.386 e. The second-order valence-corrected chi connectivity index (χ2v) is 13.1. The number of hydrogen-bond acceptors (Lipinski definition) is 3. The molecule has 1 aliphatic heterocycles. The summed E-state index contributed by atoms with van der Waals surface area (Å²) in [6.45, 7) is 21.3. The van der Waals surface area contributed by atoms with Gasteiger partial charge in [-0.1, -0.05) is 51.2 Å². The van der Waals surface area contributed by atoms with Gasteiger partial charge < -0.3 is 10.6 Å². The van der Waals surface area contributed by atoms with Crippen LogP contribution in [0.4, 0.5) is 0 Å². The average molecular weight is 464 g/mol. The normalized spacial score (nSPS) is 44.2. The van der Waals surface area contributed by atoms with Crippen LogP contribution in [0.5, 0.6) is 0 Å². The van der Waals surface area contributed by atoms with Crippen LogP contribution in [-0.4, -0.2) is 31.4 Å². The molecule has 8 atom stereocenters. The number of nitrogens with one attached hydrogen (secondary N) is 2. The molecule has 2 N–H and O–H groups in total. The Morgan fingerprint density at radius 3 is 2.71 bits per heavy atom. The summed E-state index contributed by atoms with van der Waals surface area (Å²) in [5.41, 5.74) is 6.42. The fourth-order valence-corrected chi connectivity index (χ4v) is 9.15. The summed E-state index contributed by atoms with van der Waals surface area (Å²) >= 11 is 0. The van der Waals surface area contributed by atoms with Gasteiger partial charge in [0.25, 0.3) is 0 Å². The zero-order chi connectivity index (χ0) is 24.1. The molecule has 1 heterocycles. The van der Waals surface area contributed by atoms with Gasteiger partial charge in [0.2, 0.25) is 0 Å². The maximum absolute atomic E-state index is 5.11. The lowest BCUT2D eigenvalue weighted by Gasteiger charge is -2.58. The standard InChI is InChI=1S/C31H49N3/c1-20-11-14-30(5)24(17-20)7-8-25-27-10-9-26(31(27,6)15-12-28(25)30)23(4)34-18-22(3)33-19-29-21(2)13-16-32-29/h17,21,25-29,32-33H,1,3,7-16,18-19H2,2,4-6H3. The second-order valence-electron chi connectivity index (χ2n) is 13.1. The van der Waals surface area contributed by atoms with Crippen LogP contribution in [0.2, 0.25) is 0 Å². The lowest BCUT2D eigenvalue weighted by atomic mass is 9.46. The highest BCUT2D eigenvalue weighted by Crippen LogP contribution is 2.67. The lowest BCUT2D eigenvalue weighted by Crippen LogP contribution is -2.50. The Labute approximate surface area is 209 Å². The monoisotopic (exact) mass is 463 g/mol. The number of rotatable bonds is 6. The van der Waals surface area contributed by atoms with Crippen LogP contribution in [0.25, 0.3) is 0 Å². The number of allylic oxidation sites excluding steroid dienone is 3. The molecule has 0 amide bonds. The third-order valence-electron chi connectivity index (χ3n) is 11.4.